The molecule has 1 amide bonds. The highest BCUT2D eigenvalue weighted by atomic mass is 32.2. The Morgan fingerprint density at radius 2 is 1.83 bits per heavy atom. The minimum absolute atomic E-state index is 0.150. The number of carbonyl (C=O) groups excluding carboxylic acids is 1. The summed E-state index contributed by atoms with van der Waals surface area (Å²) in [5, 5.41) is 8.93. The second-order valence-corrected chi connectivity index (χ2v) is 12.5. The Hall–Kier alpha value is -1.74. The van der Waals surface area contributed by atoms with Crippen LogP contribution in [0.5, 0.6) is 0 Å². The summed E-state index contributed by atoms with van der Waals surface area (Å²) in [5.41, 5.74) is -0.529. The number of aliphatic carboxylic acids is 1. The number of carbonyl (C=O) groups is 2. The molecule has 3 fully saturated rings. The minimum atomic E-state index is -5.08. The Labute approximate surface area is 212 Å². The van der Waals surface area contributed by atoms with Crippen molar-refractivity contribution >= 4 is 33.2 Å². The first-order valence-electron chi connectivity index (χ1n) is 11.7. The Balaban J connectivity index is 0.000000454. The van der Waals surface area contributed by atoms with E-state index in [4.69, 9.17) is 14.6 Å². The smallest absolute Gasteiger partial charge is 0.475 e. The lowest BCUT2D eigenvalue weighted by Crippen LogP contribution is -2.53. The number of piperidine rings is 1. The summed E-state index contributed by atoms with van der Waals surface area (Å²) >= 11 is 1.27. The Kier molecular flexibility index (Phi) is 8.76. The standard InChI is InChI=1S/C20H31N3O4S2.C2HF3O2/c1-3-22-9-8-20(18(22)24)16-21(12-13-27-2)15-19(20)6-10-23(11-7-19)29(25,26)17-5-4-14-28-17;3-2(4,5)1(6)7/h4-5,14H,3,6-13,15-16H2,1-2H3;(H,6,7). The number of nitrogens with zero attached hydrogens (tertiary/aromatic N) is 3. The predicted octanol–water partition coefficient (Wildman–Crippen LogP) is 2.35. The maximum atomic E-state index is 13.5. The molecule has 0 radical (unpaired) electrons. The molecule has 3 aliphatic rings. The number of ether oxygens (including phenoxy) is 1. The van der Waals surface area contributed by atoms with Gasteiger partial charge in [-0.1, -0.05) is 6.07 Å². The van der Waals surface area contributed by atoms with Crippen LogP contribution in [0.25, 0.3) is 0 Å². The first-order chi connectivity index (χ1) is 16.8. The van der Waals surface area contributed by atoms with E-state index in [1.807, 2.05) is 11.8 Å². The van der Waals surface area contributed by atoms with Gasteiger partial charge in [-0.3, -0.25) is 9.69 Å². The summed E-state index contributed by atoms with van der Waals surface area (Å²) in [7, 11) is -1.73. The summed E-state index contributed by atoms with van der Waals surface area (Å²) in [5.74, 6) is -2.48. The van der Waals surface area contributed by atoms with Crippen LogP contribution in [0.3, 0.4) is 0 Å². The van der Waals surface area contributed by atoms with Gasteiger partial charge in [0, 0.05) is 58.3 Å². The number of sulfonamides is 1. The number of likely N-dealkylation sites (tertiary alicyclic amines) is 2. The van der Waals surface area contributed by atoms with Crippen LogP contribution in [0.1, 0.15) is 26.2 Å². The van der Waals surface area contributed by atoms with Gasteiger partial charge in [0.1, 0.15) is 4.21 Å². The molecule has 2 spiro atoms. The topological polar surface area (TPSA) is 107 Å². The number of rotatable bonds is 6. The van der Waals surface area contributed by atoms with Crippen LogP contribution < -0.4 is 0 Å². The molecule has 0 aromatic carbocycles. The normalized spacial score (nSPS) is 24.9. The summed E-state index contributed by atoms with van der Waals surface area (Å²) in [6, 6.07) is 3.45. The third-order valence-corrected chi connectivity index (χ3v) is 10.8. The zero-order chi connectivity index (χ0) is 26.8. The molecule has 3 aliphatic heterocycles. The maximum absolute atomic E-state index is 13.5. The molecular weight excluding hydrogens is 523 g/mol. The number of methoxy groups -OCH3 is 1. The van der Waals surface area contributed by atoms with Crippen molar-refractivity contribution in [3.05, 3.63) is 17.5 Å². The van der Waals surface area contributed by atoms with E-state index in [9.17, 15) is 26.4 Å². The van der Waals surface area contributed by atoms with Gasteiger partial charge in [-0.15, -0.1) is 11.3 Å². The largest absolute Gasteiger partial charge is 0.490 e. The van der Waals surface area contributed by atoms with E-state index in [2.05, 4.69) is 4.90 Å². The van der Waals surface area contributed by atoms with Crippen molar-refractivity contribution in [2.75, 3.05) is 59.5 Å². The third-order valence-electron chi connectivity index (χ3n) is 7.54. The van der Waals surface area contributed by atoms with Crippen LogP contribution in [0, 0.1) is 10.8 Å². The van der Waals surface area contributed by atoms with Crippen molar-refractivity contribution in [3.63, 3.8) is 0 Å². The van der Waals surface area contributed by atoms with Gasteiger partial charge in [0.2, 0.25) is 5.91 Å². The van der Waals surface area contributed by atoms with Crippen LogP contribution in [0.4, 0.5) is 13.2 Å². The summed E-state index contributed by atoms with van der Waals surface area (Å²) in [4.78, 5) is 26.7. The van der Waals surface area contributed by atoms with E-state index in [0.717, 1.165) is 52.0 Å². The fraction of sp³-hybridized carbons (Fsp3) is 0.727. The lowest BCUT2D eigenvalue weighted by atomic mass is 9.60. The lowest BCUT2D eigenvalue weighted by molar-refractivity contribution is -0.192. The average Bonchev–Trinajstić information content (AvgIpc) is 3.54. The molecule has 204 valence electrons. The number of amides is 1. The molecule has 1 aromatic heterocycles. The average molecular weight is 556 g/mol. The van der Waals surface area contributed by atoms with Gasteiger partial charge in [-0.2, -0.15) is 17.5 Å². The Morgan fingerprint density at radius 3 is 2.31 bits per heavy atom. The molecular formula is C22H32F3N3O6S2. The van der Waals surface area contributed by atoms with Crippen LogP contribution in [0.15, 0.2) is 21.7 Å². The van der Waals surface area contributed by atoms with Gasteiger partial charge in [0.25, 0.3) is 10.0 Å². The highest BCUT2D eigenvalue weighted by Crippen LogP contribution is 2.58. The highest BCUT2D eigenvalue weighted by Gasteiger charge is 2.65. The maximum Gasteiger partial charge on any atom is 0.490 e. The van der Waals surface area contributed by atoms with Gasteiger partial charge in [0.05, 0.1) is 12.0 Å². The van der Waals surface area contributed by atoms with Crippen LogP contribution in [-0.4, -0.2) is 105 Å². The molecule has 0 aliphatic carbocycles. The van der Waals surface area contributed by atoms with Crippen LogP contribution >= 0.6 is 11.3 Å². The molecule has 1 aromatic rings. The third kappa shape index (κ3) is 5.42. The van der Waals surface area contributed by atoms with E-state index < -0.39 is 22.2 Å². The molecule has 4 heterocycles. The van der Waals surface area contributed by atoms with Crippen molar-refractivity contribution in [1.29, 1.82) is 0 Å². The molecule has 3 saturated heterocycles. The molecule has 1 N–H and O–H groups in total. The van der Waals surface area contributed by atoms with Gasteiger partial charge < -0.3 is 14.7 Å². The zero-order valence-electron chi connectivity index (χ0n) is 20.3. The highest BCUT2D eigenvalue weighted by molar-refractivity contribution is 7.91. The van der Waals surface area contributed by atoms with Crippen molar-refractivity contribution in [1.82, 2.24) is 14.1 Å². The van der Waals surface area contributed by atoms with E-state index >= 15 is 0 Å². The molecule has 1 atom stereocenters. The van der Waals surface area contributed by atoms with Crippen molar-refractivity contribution in [2.45, 2.75) is 36.6 Å². The van der Waals surface area contributed by atoms with Crippen LogP contribution in [-0.2, 0) is 24.3 Å². The van der Waals surface area contributed by atoms with Crippen LogP contribution in [0.2, 0.25) is 0 Å². The quantitative estimate of drug-likeness (QED) is 0.574. The number of carboxylic acids is 1. The molecule has 36 heavy (non-hydrogen) atoms. The fourth-order valence-corrected chi connectivity index (χ4v) is 8.26. The van der Waals surface area contributed by atoms with Crippen molar-refractivity contribution in [3.8, 4) is 0 Å². The van der Waals surface area contributed by atoms with Gasteiger partial charge in [-0.05, 0) is 37.6 Å². The predicted molar refractivity (Wildman–Crippen MR) is 126 cm³/mol. The van der Waals surface area contributed by atoms with E-state index in [0.29, 0.717) is 23.9 Å². The molecule has 1 unspecified atom stereocenters. The summed E-state index contributed by atoms with van der Waals surface area (Å²) < 4.78 is 65.0. The first kappa shape index (κ1) is 28.8. The monoisotopic (exact) mass is 555 g/mol. The van der Waals surface area contributed by atoms with Gasteiger partial charge >= 0.3 is 12.1 Å². The molecule has 14 heteroatoms. The zero-order valence-corrected chi connectivity index (χ0v) is 21.9. The molecule has 0 bridgehead atoms. The van der Waals surface area contributed by atoms with E-state index in [1.165, 1.54) is 11.3 Å². The SMILES string of the molecule is CCN1CCC2(CN(CCOC)CC23CCN(S(=O)(=O)c2cccs2)CC3)C1=O.O=C(O)C(F)(F)F. The van der Waals surface area contributed by atoms with E-state index in [-0.39, 0.29) is 16.7 Å². The number of fused-ring (bicyclic) bond motifs is 1. The van der Waals surface area contributed by atoms with Gasteiger partial charge in [-0.25, -0.2) is 13.2 Å². The second kappa shape index (κ2) is 10.9. The summed E-state index contributed by atoms with van der Waals surface area (Å²) in [6.45, 7) is 7.65. The number of carboxylic acid groups (broad SMARTS) is 1. The molecule has 0 saturated carbocycles. The number of hydrogen-bond acceptors (Lipinski definition) is 7. The first-order valence-corrected chi connectivity index (χ1v) is 14.0. The van der Waals surface area contributed by atoms with Gasteiger partial charge in [0.15, 0.2) is 0 Å². The molecule has 9 nitrogen and oxygen atoms in total. The van der Waals surface area contributed by atoms with E-state index in [1.54, 1.807) is 28.9 Å². The number of hydrogen-bond donors (Lipinski definition) is 1. The Bertz CT molecular complexity index is 1030. The number of halogens is 3. The lowest BCUT2D eigenvalue weighted by Gasteiger charge is -2.46. The number of alkyl halides is 3. The molecule has 4 rings (SSSR count). The minimum Gasteiger partial charge on any atom is -0.475 e. The van der Waals surface area contributed by atoms with Crippen molar-refractivity contribution in [2.24, 2.45) is 10.8 Å². The fourth-order valence-electron chi connectivity index (χ4n) is 5.67. The van der Waals surface area contributed by atoms with Crippen molar-refractivity contribution < 1.29 is 41.0 Å². The summed E-state index contributed by atoms with van der Waals surface area (Å²) in [6.07, 6.45) is -2.73. The Morgan fingerprint density at radius 1 is 1.19 bits per heavy atom. The second-order valence-electron chi connectivity index (χ2n) is 9.34. The number of thiophene rings is 1.